The van der Waals surface area contributed by atoms with Gasteiger partial charge in [0.15, 0.2) is 28.5 Å². The molecule has 1 atom stereocenters. The summed E-state index contributed by atoms with van der Waals surface area (Å²) in [5.41, 5.74) is 2.44. The predicted molar refractivity (Wildman–Crippen MR) is 154 cm³/mol. The third kappa shape index (κ3) is 5.72. The largest absolute Gasteiger partial charge is 0.497 e. The Morgan fingerprint density at radius 3 is 2.51 bits per heavy atom. The number of anilines is 1. The quantitative estimate of drug-likeness (QED) is 0.226. The van der Waals surface area contributed by atoms with E-state index in [1.807, 2.05) is 28.8 Å². The van der Waals surface area contributed by atoms with Gasteiger partial charge in [0.05, 0.1) is 26.1 Å². The molecule has 1 unspecified atom stereocenters. The zero-order valence-electron chi connectivity index (χ0n) is 23.9. The fourth-order valence-electron chi connectivity index (χ4n) is 5.13. The second kappa shape index (κ2) is 11.6. The zero-order valence-corrected chi connectivity index (χ0v) is 23.9. The van der Waals surface area contributed by atoms with Crippen molar-refractivity contribution in [1.29, 1.82) is 0 Å². The van der Waals surface area contributed by atoms with E-state index < -0.39 is 11.9 Å². The molecule has 1 aliphatic rings. The molecule has 0 aliphatic carbocycles. The molecule has 0 amide bonds. The third-order valence-electron chi connectivity index (χ3n) is 7.38. The summed E-state index contributed by atoms with van der Waals surface area (Å²) < 4.78 is 59.7. The highest BCUT2D eigenvalue weighted by atomic mass is 19.4. The lowest BCUT2D eigenvalue weighted by molar-refractivity contribution is -0.140. The van der Waals surface area contributed by atoms with E-state index in [4.69, 9.17) is 24.2 Å². The summed E-state index contributed by atoms with van der Waals surface area (Å²) >= 11 is 0. The topological polar surface area (TPSA) is 101 Å². The first kappa shape index (κ1) is 28.5. The Balaban J connectivity index is 1.33. The van der Waals surface area contributed by atoms with Gasteiger partial charge in [-0.3, -0.25) is 4.57 Å². The minimum Gasteiger partial charge on any atom is -0.497 e. The molecule has 0 radical (unpaired) electrons. The fourth-order valence-corrected chi connectivity index (χ4v) is 5.13. The van der Waals surface area contributed by atoms with E-state index in [1.165, 1.54) is 4.57 Å². The molecule has 6 rings (SSSR count). The first-order valence-electron chi connectivity index (χ1n) is 13.8. The number of aromatic nitrogens is 6. The van der Waals surface area contributed by atoms with Gasteiger partial charge in [-0.15, -0.1) is 0 Å². The van der Waals surface area contributed by atoms with Gasteiger partial charge in [-0.05, 0) is 37.0 Å². The summed E-state index contributed by atoms with van der Waals surface area (Å²) in [6.45, 7) is 1.05. The van der Waals surface area contributed by atoms with Gasteiger partial charge < -0.3 is 24.1 Å². The van der Waals surface area contributed by atoms with Gasteiger partial charge in [-0.2, -0.15) is 13.2 Å². The maximum Gasteiger partial charge on any atom is 0.434 e. The number of methoxy groups -OCH3 is 2. The number of aryl methyl sites for hydroxylation is 1. The highest BCUT2D eigenvalue weighted by molar-refractivity contribution is 5.86. The minimum atomic E-state index is -4.51. The average molecular weight is 594 g/mol. The summed E-state index contributed by atoms with van der Waals surface area (Å²) in [4.78, 5) is 18.1. The molecule has 10 nitrogen and oxygen atoms in total. The van der Waals surface area contributed by atoms with Crippen molar-refractivity contribution < 1.29 is 27.4 Å². The van der Waals surface area contributed by atoms with Crippen molar-refractivity contribution in [3.63, 3.8) is 0 Å². The van der Waals surface area contributed by atoms with Crippen LogP contribution in [0.5, 0.6) is 11.5 Å². The number of ether oxygens (including phenoxy) is 3. The molecule has 3 aromatic heterocycles. The number of hydrogen-bond acceptors (Lipinski definition) is 8. The molecule has 5 aromatic rings. The number of halogens is 3. The van der Waals surface area contributed by atoms with E-state index in [-0.39, 0.29) is 12.1 Å². The smallest absolute Gasteiger partial charge is 0.434 e. The molecule has 2 aromatic carbocycles. The standard InChI is InChI=1S/C30H30F3N7O3/c1-39-16-23(30(31,32)33)36-28(39)19-9-7-18(8-10-19)15-34-27-25-29(40(17-35-25)24-6-4-5-13-43-24)38-26(37-27)21-12-11-20(41-2)14-22(21)42-3/h7-12,14,16-17,24H,4-6,13,15H2,1-3H3,(H,34,37,38). The Morgan fingerprint density at radius 1 is 1.02 bits per heavy atom. The molecule has 1 aliphatic heterocycles. The number of imidazole rings is 2. The summed E-state index contributed by atoms with van der Waals surface area (Å²) in [7, 11) is 4.71. The van der Waals surface area contributed by atoms with E-state index in [2.05, 4.69) is 15.3 Å². The molecule has 224 valence electrons. The van der Waals surface area contributed by atoms with Crippen molar-refractivity contribution in [2.24, 2.45) is 7.05 Å². The van der Waals surface area contributed by atoms with Crippen LogP contribution in [0, 0.1) is 0 Å². The van der Waals surface area contributed by atoms with Crippen LogP contribution >= 0.6 is 0 Å². The molecule has 0 bridgehead atoms. The number of nitrogens with one attached hydrogen (secondary N) is 1. The average Bonchev–Trinajstić information content (AvgIpc) is 3.64. The van der Waals surface area contributed by atoms with Crippen molar-refractivity contribution in [2.45, 2.75) is 38.2 Å². The number of fused-ring (bicyclic) bond motifs is 1. The molecule has 1 saturated heterocycles. The Kier molecular flexibility index (Phi) is 7.65. The van der Waals surface area contributed by atoms with Gasteiger partial charge in [-0.1, -0.05) is 24.3 Å². The van der Waals surface area contributed by atoms with Gasteiger partial charge in [-0.25, -0.2) is 19.9 Å². The van der Waals surface area contributed by atoms with Gasteiger partial charge >= 0.3 is 6.18 Å². The lowest BCUT2D eigenvalue weighted by Gasteiger charge is -2.24. The molecule has 1 fully saturated rings. The zero-order chi connectivity index (χ0) is 30.1. The van der Waals surface area contributed by atoms with Crippen LogP contribution in [-0.2, 0) is 24.5 Å². The number of nitrogens with zero attached hydrogens (tertiary/aromatic N) is 6. The van der Waals surface area contributed by atoms with Crippen molar-refractivity contribution in [3.8, 4) is 34.3 Å². The molecular weight excluding hydrogens is 563 g/mol. The second-order valence-corrected chi connectivity index (χ2v) is 10.2. The van der Waals surface area contributed by atoms with Crippen molar-refractivity contribution in [1.82, 2.24) is 29.1 Å². The predicted octanol–water partition coefficient (Wildman–Crippen LogP) is 6.24. The maximum absolute atomic E-state index is 13.1. The number of alkyl halides is 3. The number of rotatable bonds is 8. The van der Waals surface area contributed by atoms with Crippen molar-refractivity contribution >= 4 is 17.0 Å². The van der Waals surface area contributed by atoms with E-state index >= 15 is 0 Å². The SMILES string of the molecule is COc1ccc(-c2nc(NCc3ccc(-c4nc(C(F)(F)F)cn4C)cc3)c3ncn(C4CCCCO4)c3n2)c(OC)c1. The lowest BCUT2D eigenvalue weighted by Crippen LogP contribution is -2.18. The first-order chi connectivity index (χ1) is 20.7. The van der Waals surface area contributed by atoms with E-state index in [9.17, 15) is 13.2 Å². The Hall–Kier alpha value is -4.65. The van der Waals surface area contributed by atoms with Gasteiger partial charge in [0.25, 0.3) is 0 Å². The monoisotopic (exact) mass is 593 g/mol. The van der Waals surface area contributed by atoms with E-state index in [0.29, 0.717) is 58.6 Å². The maximum atomic E-state index is 13.1. The summed E-state index contributed by atoms with van der Waals surface area (Å²) in [5, 5.41) is 3.38. The molecule has 13 heteroatoms. The summed E-state index contributed by atoms with van der Waals surface area (Å²) in [6.07, 6.45) is 0.945. The van der Waals surface area contributed by atoms with E-state index in [1.54, 1.807) is 45.8 Å². The highest BCUT2D eigenvalue weighted by Gasteiger charge is 2.34. The van der Waals surface area contributed by atoms with Crippen molar-refractivity contribution in [2.75, 3.05) is 26.1 Å². The van der Waals surface area contributed by atoms with Crippen LogP contribution in [0.4, 0.5) is 19.0 Å². The molecule has 1 N–H and O–H groups in total. The van der Waals surface area contributed by atoms with Gasteiger partial charge in [0.2, 0.25) is 0 Å². The number of hydrogen-bond donors (Lipinski definition) is 1. The van der Waals surface area contributed by atoms with Crippen molar-refractivity contribution in [3.05, 3.63) is 66.2 Å². The van der Waals surface area contributed by atoms with Crippen LogP contribution < -0.4 is 14.8 Å². The second-order valence-electron chi connectivity index (χ2n) is 10.2. The lowest BCUT2D eigenvalue weighted by atomic mass is 10.1. The van der Waals surface area contributed by atoms with Crippen LogP contribution in [-0.4, -0.2) is 49.9 Å². The van der Waals surface area contributed by atoms with Gasteiger partial charge in [0, 0.05) is 38.0 Å². The molecule has 0 saturated carbocycles. The summed E-state index contributed by atoms with van der Waals surface area (Å²) in [5.74, 6) is 2.40. The van der Waals surface area contributed by atoms with Crippen LogP contribution in [0.3, 0.4) is 0 Å². The van der Waals surface area contributed by atoms with Gasteiger partial charge in [0.1, 0.15) is 23.6 Å². The molecular formula is C30H30F3N7O3. The van der Waals surface area contributed by atoms with E-state index in [0.717, 1.165) is 31.0 Å². The molecule has 4 heterocycles. The molecule has 43 heavy (non-hydrogen) atoms. The summed E-state index contributed by atoms with van der Waals surface area (Å²) in [6, 6.07) is 12.6. The molecule has 0 spiro atoms. The first-order valence-corrected chi connectivity index (χ1v) is 13.8. The normalized spacial score (nSPS) is 15.5. The van der Waals surface area contributed by atoms with Crippen LogP contribution in [0.1, 0.15) is 36.7 Å². The third-order valence-corrected chi connectivity index (χ3v) is 7.38. The Labute approximate surface area is 245 Å². The Morgan fingerprint density at radius 2 is 1.84 bits per heavy atom. The Bertz CT molecular complexity index is 1740. The van der Waals surface area contributed by atoms with Crippen LogP contribution in [0.2, 0.25) is 0 Å². The highest BCUT2D eigenvalue weighted by Crippen LogP contribution is 2.35. The van der Waals surface area contributed by atoms with Crippen LogP contribution in [0.15, 0.2) is 55.0 Å². The minimum absolute atomic E-state index is 0.177. The fraction of sp³-hybridized carbons (Fsp3) is 0.333. The number of benzene rings is 2. The van der Waals surface area contributed by atoms with Crippen LogP contribution in [0.25, 0.3) is 33.9 Å².